The third-order valence-electron chi connectivity index (χ3n) is 3.24. The number of alkyl carbamates (subject to hydrolysis) is 1. The van der Waals surface area contributed by atoms with Crippen LogP contribution >= 0.6 is 0 Å². The highest BCUT2D eigenvalue weighted by molar-refractivity contribution is 5.82. The molecule has 118 valence electrons. The lowest BCUT2D eigenvalue weighted by atomic mass is 10.1. The Labute approximate surface area is 135 Å². The fraction of sp³-hybridized carbons (Fsp3) is 0.158. The van der Waals surface area contributed by atoms with Crippen LogP contribution < -0.4 is 5.32 Å². The summed E-state index contributed by atoms with van der Waals surface area (Å²) in [7, 11) is 0. The van der Waals surface area contributed by atoms with Crippen molar-refractivity contribution in [1.82, 2.24) is 5.32 Å². The van der Waals surface area contributed by atoms with Gasteiger partial charge in [0.2, 0.25) is 0 Å². The molecule has 0 aromatic heterocycles. The molecule has 0 atom stereocenters. The molecule has 2 aromatic rings. The third-order valence-corrected chi connectivity index (χ3v) is 3.24. The van der Waals surface area contributed by atoms with Crippen molar-refractivity contribution in [3.63, 3.8) is 0 Å². The van der Waals surface area contributed by atoms with Gasteiger partial charge in [-0.2, -0.15) is 0 Å². The second-order valence-corrected chi connectivity index (χ2v) is 5.10. The van der Waals surface area contributed by atoms with Crippen molar-refractivity contribution in [3.05, 3.63) is 76.9 Å². The number of amides is 1. The molecule has 0 radical (unpaired) electrons. The van der Waals surface area contributed by atoms with Gasteiger partial charge in [-0.25, -0.2) is 4.79 Å². The third kappa shape index (κ3) is 5.43. The van der Waals surface area contributed by atoms with Crippen LogP contribution in [0.15, 0.2) is 54.6 Å². The van der Waals surface area contributed by atoms with Gasteiger partial charge in [0.1, 0.15) is 6.61 Å². The number of carbonyl (C=O) groups is 2. The monoisotopic (exact) mass is 309 g/mol. The van der Waals surface area contributed by atoms with E-state index in [2.05, 4.69) is 5.32 Å². The van der Waals surface area contributed by atoms with E-state index in [0.717, 1.165) is 23.0 Å². The molecule has 23 heavy (non-hydrogen) atoms. The average Bonchev–Trinajstić information content (AvgIpc) is 2.58. The number of carbonyl (C=O) groups excluding carboxylic acids is 2. The van der Waals surface area contributed by atoms with E-state index >= 15 is 0 Å². The topological polar surface area (TPSA) is 55.4 Å². The summed E-state index contributed by atoms with van der Waals surface area (Å²) in [5.41, 5.74) is 3.43. The molecule has 2 aromatic carbocycles. The van der Waals surface area contributed by atoms with E-state index in [4.69, 9.17) is 4.74 Å². The summed E-state index contributed by atoms with van der Waals surface area (Å²) in [5, 5.41) is 2.64. The molecule has 0 aliphatic heterocycles. The lowest BCUT2D eigenvalue weighted by molar-refractivity contribution is 0.112. The number of hydrogen-bond acceptors (Lipinski definition) is 3. The first-order valence-corrected chi connectivity index (χ1v) is 7.36. The normalized spacial score (nSPS) is 10.5. The predicted molar refractivity (Wildman–Crippen MR) is 90.2 cm³/mol. The van der Waals surface area contributed by atoms with Gasteiger partial charge in [0.15, 0.2) is 6.29 Å². The Morgan fingerprint density at radius 2 is 1.91 bits per heavy atom. The largest absolute Gasteiger partial charge is 0.445 e. The Bertz CT molecular complexity index is 693. The number of ether oxygens (including phenoxy) is 1. The highest BCUT2D eigenvalue weighted by atomic mass is 16.5. The summed E-state index contributed by atoms with van der Waals surface area (Å²) >= 11 is 0. The lowest BCUT2D eigenvalue weighted by Gasteiger charge is -2.05. The summed E-state index contributed by atoms with van der Waals surface area (Å²) in [6.45, 7) is 2.51. The van der Waals surface area contributed by atoms with Crippen LogP contribution in [0.3, 0.4) is 0 Å². The van der Waals surface area contributed by atoms with Gasteiger partial charge in [0.25, 0.3) is 0 Å². The molecule has 0 saturated heterocycles. The van der Waals surface area contributed by atoms with Crippen LogP contribution in [0, 0.1) is 6.92 Å². The van der Waals surface area contributed by atoms with Gasteiger partial charge in [-0.05, 0) is 24.1 Å². The summed E-state index contributed by atoms with van der Waals surface area (Å²) in [5.74, 6) is 0. The first kappa shape index (κ1) is 16.5. The molecule has 4 nitrogen and oxygen atoms in total. The maximum atomic E-state index is 11.6. The number of hydrogen-bond donors (Lipinski definition) is 1. The minimum atomic E-state index is -0.474. The highest BCUT2D eigenvalue weighted by Gasteiger charge is 2.01. The zero-order chi connectivity index (χ0) is 16.5. The molecule has 2 rings (SSSR count). The molecule has 0 unspecified atom stereocenters. The van der Waals surface area contributed by atoms with Gasteiger partial charge >= 0.3 is 6.09 Å². The summed E-state index contributed by atoms with van der Waals surface area (Å²) in [6.07, 6.45) is 3.94. The van der Waals surface area contributed by atoms with Crippen molar-refractivity contribution in [2.75, 3.05) is 6.54 Å². The lowest BCUT2D eigenvalue weighted by Crippen LogP contribution is -2.24. The van der Waals surface area contributed by atoms with Crippen molar-refractivity contribution in [2.24, 2.45) is 0 Å². The molecule has 0 aliphatic carbocycles. The SMILES string of the molecule is Cc1ccc(C=CCNC(=O)OCc2ccccc2)c(C=O)c1. The summed E-state index contributed by atoms with van der Waals surface area (Å²) in [4.78, 5) is 22.6. The Morgan fingerprint density at radius 3 is 2.65 bits per heavy atom. The van der Waals surface area contributed by atoms with Crippen molar-refractivity contribution >= 4 is 18.5 Å². The number of aldehydes is 1. The fourth-order valence-corrected chi connectivity index (χ4v) is 2.05. The first-order chi connectivity index (χ1) is 11.2. The second-order valence-electron chi connectivity index (χ2n) is 5.10. The Morgan fingerprint density at radius 1 is 1.13 bits per heavy atom. The molecule has 0 heterocycles. The number of benzene rings is 2. The second kappa shape index (κ2) is 8.54. The van der Waals surface area contributed by atoms with Gasteiger partial charge in [-0.15, -0.1) is 0 Å². The van der Waals surface area contributed by atoms with E-state index in [0.29, 0.717) is 12.1 Å². The van der Waals surface area contributed by atoms with E-state index < -0.39 is 6.09 Å². The fourth-order valence-electron chi connectivity index (χ4n) is 2.05. The van der Waals surface area contributed by atoms with E-state index in [1.807, 2.05) is 55.5 Å². The Kier molecular flexibility index (Phi) is 6.12. The Balaban J connectivity index is 1.78. The van der Waals surface area contributed by atoms with Crippen molar-refractivity contribution < 1.29 is 14.3 Å². The zero-order valence-corrected chi connectivity index (χ0v) is 13.0. The first-order valence-electron chi connectivity index (χ1n) is 7.36. The molecule has 0 aliphatic rings. The molecule has 4 heteroatoms. The molecule has 0 fully saturated rings. The van der Waals surface area contributed by atoms with Crippen LogP contribution in [0.1, 0.15) is 27.0 Å². The maximum Gasteiger partial charge on any atom is 0.407 e. The number of rotatable bonds is 6. The number of nitrogens with one attached hydrogen (secondary N) is 1. The van der Waals surface area contributed by atoms with Crippen LogP contribution in [0.2, 0.25) is 0 Å². The molecule has 0 spiro atoms. The van der Waals surface area contributed by atoms with Gasteiger partial charge in [0.05, 0.1) is 0 Å². The van der Waals surface area contributed by atoms with Crippen molar-refractivity contribution in [3.8, 4) is 0 Å². The van der Waals surface area contributed by atoms with Gasteiger partial charge in [-0.3, -0.25) is 4.79 Å². The van der Waals surface area contributed by atoms with Crippen LogP contribution in [0.4, 0.5) is 4.79 Å². The van der Waals surface area contributed by atoms with E-state index in [-0.39, 0.29) is 6.61 Å². The molecule has 1 amide bonds. The molecular formula is C19H19NO3. The van der Waals surface area contributed by atoms with Crippen LogP contribution in [-0.4, -0.2) is 18.9 Å². The minimum Gasteiger partial charge on any atom is -0.445 e. The quantitative estimate of drug-likeness (QED) is 0.827. The van der Waals surface area contributed by atoms with Gasteiger partial charge in [-0.1, -0.05) is 60.2 Å². The molecule has 1 N–H and O–H groups in total. The smallest absolute Gasteiger partial charge is 0.407 e. The molecule has 0 bridgehead atoms. The minimum absolute atomic E-state index is 0.240. The van der Waals surface area contributed by atoms with Crippen LogP contribution in [0.25, 0.3) is 6.08 Å². The standard InChI is InChI=1S/C19H19NO3/c1-15-9-10-17(18(12-15)13-21)8-5-11-20-19(22)23-14-16-6-3-2-4-7-16/h2-10,12-13H,11,14H2,1H3,(H,20,22). The molecule has 0 saturated carbocycles. The van der Waals surface area contributed by atoms with Crippen molar-refractivity contribution in [1.29, 1.82) is 0 Å². The van der Waals surface area contributed by atoms with Crippen LogP contribution in [-0.2, 0) is 11.3 Å². The van der Waals surface area contributed by atoms with Gasteiger partial charge < -0.3 is 10.1 Å². The zero-order valence-electron chi connectivity index (χ0n) is 13.0. The van der Waals surface area contributed by atoms with E-state index in [1.54, 1.807) is 12.2 Å². The number of aryl methyl sites for hydroxylation is 1. The summed E-state index contributed by atoms with van der Waals surface area (Å²) in [6, 6.07) is 15.1. The van der Waals surface area contributed by atoms with Crippen LogP contribution in [0.5, 0.6) is 0 Å². The highest BCUT2D eigenvalue weighted by Crippen LogP contribution is 2.11. The van der Waals surface area contributed by atoms with E-state index in [9.17, 15) is 9.59 Å². The Hall–Kier alpha value is -2.88. The van der Waals surface area contributed by atoms with Gasteiger partial charge in [0, 0.05) is 12.1 Å². The van der Waals surface area contributed by atoms with Crippen molar-refractivity contribution in [2.45, 2.75) is 13.5 Å². The maximum absolute atomic E-state index is 11.6. The van der Waals surface area contributed by atoms with E-state index in [1.165, 1.54) is 0 Å². The molecular weight excluding hydrogens is 290 g/mol. The summed E-state index contributed by atoms with van der Waals surface area (Å²) < 4.78 is 5.10. The average molecular weight is 309 g/mol. The predicted octanol–water partition coefficient (Wildman–Crippen LogP) is 3.75.